The maximum Gasteiger partial charge on any atom is 0.241 e. The van der Waals surface area contributed by atoms with Gasteiger partial charge in [0.05, 0.1) is 10.4 Å². The normalized spacial score (nSPS) is 16.5. The Morgan fingerprint density at radius 3 is 2.18 bits per heavy atom. The highest BCUT2D eigenvalue weighted by Crippen LogP contribution is 2.46. The van der Waals surface area contributed by atoms with E-state index in [2.05, 4.69) is 4.72 Å². The molecular formula is C17H18FNO2S. The van der Waals surface area contributed by atoms with Gasteiger partial charge in [-0.2, -0.15) is 0 Å². The Morgan fingerprint density at radius 2 is 1.64 bits per heavy atom. The number of benzene rings is 2. The predicted octanol–water partition coefficient (Wildman–Crippen LogP) is 3.41. The third-order valence-corrected chi connectivity index (χ3v) is 5.80. The second kappa shape index (κ2) is 5.18. The van der Waals surface area contributed by atoms with E-state index in [-0.39, 0.29) is 10.7 Å². The van der Waals surface area contributed by atoms with Crippen molar-refractivity contribution in [2.45, 2.75) is 37.1 Å². The predicted molar refractivity (Wildman–Crippen MR) is 83.5 cm³/mol. The van der Waals surface area contributed by atoms with Crippen molar-refractivity contribution in [1.82, 2.24) is 4.72 Å². The summed E-state index contributed by atoms with van der Waals surface area (Å²) in [5.74, 6) is -0.323. The van der Waals surface area contributed by atoms with Crippen molar-refractivity contribution in [3.05, 3.63) is 65.0 Å². The van der Waals surface area contributed by atoms with Crippen LogP contribution in [-0.2, 0) is 15.6 Å². The molecule has 22 heavy (non-hydrogen) atoms. The number of rotatable bonds is 4. The van der Waals surface area contributed by atoms with E-state index >= 15 is 0 Å². The van der Waals surface area contributed by atoms with Gasteiger partial charge in [0.2, 0.25) is 10.0 Å². The fraction of sp³-hybridized carbons (Fsp3) is 0.294. The lowest BCUT2D eigenvalue weighted by Gasteiger charge is -2.18. The number of aryl methyl sites for hydroxylation is 2. The zero-order valence-corrected chi connectivity index (χ0v) is 13.4. The first-order valence-corrected chi connectivity index (χ1v) is 8.68. The number of halogens is 1. The first-order chi connectivity index (χ1) is 10.3. The molecule has 1 aliphatic rings. The molecule has 0 aromatic heterocycles. The molecule has 116 valence electrons. The van der Waals surface area contributed by atoms with Crippen molar-refractivity contribution in [3.63, 3.8) is 0 Å². The van der Waals surface area contributed by atoms with Gasteiger partial charge in [0.25, 0.3) is 0 Å². The summed E-state index contributed by atoms with van der Waals surface area (Å²) in [6.45, 7) is 3.83. The summed E-state index contributed by atoms with van der Waals surface area (Å²) in [6, 6.07) is 11.1. The van der Waals surface area contributed by atoms with Gasteiger partial charge in [0.15, 0.2) is 0 Å². The Kier molecular flexibility index (Phi) is 3.57. The van der Waals surface area contributed by atoms with Crippen LogP contribution >= 0.6 is 0 Å². The van der Waals surface area contributed by atoms with Gasteiger partial charge >= 0.3 is 0 Å². The van der Waals surface area contributed by atoms with Crippen LogP contribution in [0.5, 0.6) is 0 Å². The molecule has 1 N–H and O–H groups in total. The molecule has 0 bridgehead atoms. The highest BCUT2D eigenvalue weighted by molar-refractivity contribution is 7.89. The Morgan fingerprint density at radius 1 is 1.00 bits per heavy atom. The number of nitrogens with one attached hydrogen (secondary N) is 1. The molecule has 0 saturated heterocycles. The minimum Gasteiger partial charge on any atom is -0.207 e. The second-order valence-electron chi connectivity index (χ2n) is 5.94. The molecule has 2 aromatic carbocycles. The smallest absolute Gasteiger partial charge is 0.207 e. The molecule has 1 saturated carbocycles. The van der Waals surface area contributed by atoms with Crippen LogP contribution in [0.3, 0.4) is 0 Å². The largest absolute Gasteiger partial charge is 0.241 e. The highest BCUT2D eigenvalue weighted by atomic mass is 32.2. The average molecular weight is 319 g/mol. The summed E-state index contributed by atoms with van der Waals surface area (Å²) < 4.78 is 41.0. The maximum atomic E-state index is 13.0. The van der Waals surface area contributed by atoms with E-state index in [9.17, 15) is 12.8 Å². The van der Waals surface area contributed by atoms with Crippen LogP contribution in [0.15, 0.2) is 47.4 Å². The van der Waals surface area contributed by atoms with Crippen LogP contribution in [0.1, 0.15) is 29.5 Å². The Labute approximate surface area is 130 Å². The van der Waals surface area contributed by atoms with Crippen LogP contribution in [0.25, 0.3) is 0 Å². The van der Waals surface area contributed by atoms with Crippen molar-refractivity contribution >= 4 is 10.0 Å². The maximum absolute atomic E-state index is 13.0. The fourth-order valence-corrected chi connectivity index (χ4v) is 4.07. The Bertz CT molecular complexity index is 809. The zero-order chi connectivity index (χ0) is 16.0. The summed E-state index contributed by atoms with van der Waals surface area (Å²) >= 11 is 0. The lowest BCUT2D eigenvalue weighted by Crippen LogP contribution is -2.34. The first kappa shape index (κ1) is 15.2. The van der Waals surface area contributed by atoms with Crippen LogP contribution < -0.4 is 4.72 Å². The fourth-order valence-electron chi connectivity index (χ4n) is 2.54. The van der Waals surface area contributed by atoms with Gasteiger partial charge in [0.1, 0.15) is 5.82 Å². The third-order valence-electron chi connectivity index (χ3n) is 4.27. The molecule has 0 amide bonds. The standard InChI is InChI=1S/C17H18FNO2S/c1-12-3-8-16(11-13(12)2)22(20,21)19-17(9-10-17)14-4-6-15(18)7-5-14/h3-8,11,19H,9-10H2,1-2H3. The van der Waals surface area contributed by atoms with Gasteiger partial charge in [-0.3, -0.25) is 0 Å². The van der Waals surface area contributed by atoms with Gasteiger partial charge in [-0.25, -0.2) is 17.5 Å². The molecular weight excluding hydrogens is 301 g/mol. The summed E-state index contributed by atoms with van der Waals surface area (Å²) in [4.78, 5) is 0.268. The van der Waals surface area contributed by atoms with Crippen molar-refractivity contribution in [1.29, 1.82) is 0 Å². The summed E-state index contributed by atoms with van der Waals surface area (Å²) in [5, 5.41) is 0. The van der Waals surface area contributed by atoms with Crippen LogP contribution in [0.2, 0.25) is 0 Å². The van der Waals surface area contributed by atoms with Crippen molar-refractivity contribution in [2.75, 3.05) is 0 Å². The second-order valence-corrected chi connectivity index (χ2v) is 7.62. The molecule has 2 aromatic rings. The SMILES string of the molecule is Cc1ccc(S(=O)(=O)NC2(c3ccc(F)cc3)CC2)cc1C. The van der Waals surface area contributed by atoms with E-state index in [1.165, 1.54) is 12.1 Å². The first-order valence-electron chi connectivity index (χ1n) is 7.20. The molecule has 1 fully saturated rings. The minimum absolute atomic E-state index is 0.268. The van der Waals surface area contributed by atoms with Crippen molar-refractivity contribution in [3.8, 4) is 0 Å². The van der Waals surface area contributed by atoms with E-state index in [0.29, 0.717) is 0 Å². The lowest BCUT2D eigenvalue weighted by atomic mass is 10.1. The number of sulfonamides is 1. The molecule has 0 aliphatic heterocycles. The molecule has 3 nitrogen and oxygen atoms in total. The minimum atomic E-state index is -3.60. The highest BCUT2D eigenvalue weighted by Gasteiger charge is 2.47. The van der Waals surface area contributed by atoms with E-state index in [4.69, 9.17) is 0 Å². The average Bonchev–Trinajstić information content (AvgIpc) is 3.22. The zero-order valence-electron chi connectivity index (χ0n) is 12.6. The molecule has 0 heterocycles. The summed E-state index contributed by atoms with van der Waals surface area (Å²) in [6.07, 6.45) is 1.45. The van der Waals surface area contributed by atoms with E-state index in [1.54, 1.807) is 30.3 Å². The van der Waals surface area contributed by atoms with E-state index in [0.717, 1.165) is 29.5 Å². The van der Waals surface area contributed by atoms with Gasteiger partial charge in [-0.15, -0.1) is 0 Å². The number of hydrogen-bond acceptors (Lipinski definition) is 2. The van der Waals surface area contributed by atoms with Gasteiger partial charge < -0.3 is 0 Å². The molecule has 3 rings (SSSR count). The molecule has 0 unspecified atom stereocenters. The van der Waals surface area contributed by atoms with E-state index in [1.807, 2.05) is 13.8 Å². The van der Waals surface area contributed by atoms with Crippen LogP contribution in [-0.4, -0.2) is 8.42 Å². The third kappa shape index (κ3) is 2.78. The Balaban J connectivity index is 1.91. The van der Waals surface area contributed by atoms with Gasteiger partial charge in [0, 0.05) is 0 Å². The van der Waals surface area contributed by atoms with E-state index < -0.39 is 15.6 Å². The van der Waals surface area contributed by atoms with Gasteiger partial charge in [-0.1, -0.05) is 18.2 Å². The topological polar surface area (TPSA) is 46.2 Å². The molecule has 0 atom stereocenters. The molecule has 1 aliphatic carbocycles. The van der Waals surface area contributed by atoms with Crippen LogP contribution in [0.4, 0.5) is 4.39 Å². The molecule has 5 heteroatoms. The summed E-state index contributed by atoms with van der Waals surface area (Å²) in [7, 11) is -3.60. The monoisotopic (exact) mass is 319 g/mol. The number of hydrogen-bond donors (Lipinski definition) is 1. The molecule has 0 radical (unpaired) electrons. The van der Waals surface area contributed by atoms with Crippen molar-refractivity contribution in [2.24, 2.45) is 0 Å². The van der Waals surface area contributed by atoms with Crippen LogP contribution in [0, 0.1) is 19.7 Å². The van der Waals surface area contributed by atoms with Crippen molar-refractivity contribution < 1.29 is 12.8 Å². The lowest BCUT2D eigenvalue weighted by molar-refractivity contribution is 0.551. The quantitative estimate of drug-likeness (QED) is 0.938. The molecule has 0 spiro atoms. The summed E-state index contributed by atoms with van der Waals surface area (Å²) in [5.41, 5.74) is 2.21. The Hall–Kier alpha value is -1.72. The van der Waals surface area contributed by atoms with Gasteiger partial charge in [-0.05, 0) is 67.6 Å².